The summed E-state index contributed by atoms with van der Waals surface area (Å²) < 4.78 is 5.55. The fourth-order valence-corrected chi connectivity index (χ4v) is 1.40. The summed E-state index contributed by atoms with van der Waals surface area (Å²) in [4.78, 5) is 5.12. The van der Waals surface area contributed by atoms with E-state index in [0.717, 1.165) is 11.0 Å². The number of furan rings is 1. The van der Waals surface area contributed by atoms with E-state index in [1.165, 1.54) is 5.17 Å². The minimum atomic E-state index is 0.635. The number of hydrogen-bond donors (Lipinski definition) is 1. The van der Waals surface area contributed by atoms with E-state index in [9.17, 15) is 0 Å². The lowest BCUT2D eigenvalue weighted by Crippen LogP contribution is -2.27. The highest BCUT2D eigenvalue weighted by Crippen LogP contribution is 2.25. The molecular formula is C10H8N2O2. The Morgan fingerprint density at radius 2 is 2.14 bits per heavy atom. The predicted octanol–water partition coefficient (Wildman–Crippen LogP) is 2.16. The average molecular weight is 188 g/mol. The first kappa shape index (κ1) is 7.32. The Labute approximate surface area is 80.3 Å². The maximum atomic E-state index is 5.55. The predicted molar refractivity (Wildman–Crippen MR) is 52.1 cm³/mol. The Morgan fingerprint density at radius 1 is 1.21 bits per heavy atom. The van der Waals surface area contributed by atoms with Gasteiger partial charge in [0.2, 0.25) is 0 Å². The van der Waals surface area contributed by atoms with Crippen molar-refractivity contribution in [3.8, 4) is 0 Å². The molecule has 3 rings (SSSR count). The van der Waals surface area contributed by atoms with Crippen LogP contribution in [0, 0.1) is 0 Å². The molecule has 0 saturated heterocycles. The van der Waals surface area contributed by atoms with Crippen LogP contribution in [0.1, 0.15) is 0 Å². The molecule has 1 aliphatic heterocycles. The Morgan fingerprint density at radius 3 is 2.93 bits per heavy atom. The Bertz CT molecular complexity index is 449. The van der Waals surface area contributed by atoms with E-state index in [4.69, 9.17) is 9.25 Å². The molecule has 0 atom stereocenters. The highest BCUT2D eigenvalue weighted by molar-refractivity contribution is 5.80. The van der Waals surface area contributed by atoms with Gasteiger partial charge >= 0.3 is 0 Å². The number of rotatable bonds is 1. The molecule has 1 aromatic carbocycles. The van der Waals surface area contributed by atoms with Gasteiger partial charge in [-0.2, -0.15) is 0 Å². The van der Waals surface area contributed by atoms with Gasteiger partial charge < -0.3 is 9.25 Å². The molecule has 1 N–H and O–H groups in total. The number of fused-ring (bicyclic) bond motifs is 1. The number of para-hydroxylation sites is 1. The zero-order valence-electron chi connectivity index (χ0n) is 7.31. The number of hydrazine groups is 1. The van der Waals surface area contributed by atoms with E-state index in [0.29, 0.717) is 5.88 Å². The maximum Gasteiger partial charge on any atom is 0.253 e. The summed E-state index contributed by atoms with van der Waals surface area (Å²) in [5.74, 6) is 0.635. The van der Waals surface area contributed by atoms with E-state index < -0.39 is 0 Å². The molecule has 0 aliphatic carbocycles. The van der Waals surface area contributed by atoms with Crippen LogP contribution in [0.15, 0.2) is 47.2 Å². The number of nitrogens with one attached hydrogen (secondary N) is 1. The fourth-order valence-electron chi connectivity index (χ4n) is 1.40. The third-order valence-electron chi connectivity index (χ3n) is 2.04. The van der Waals surface area contributed by atoms with Crippen LogP contribution in [-0.4, -0.2) is 0 Å². The van der Waals surface area contributed by atoms with Crippen molar-refractivity contribution >= 4 is 16.9 Å². The summed E-state index contributed by atoms with van der Waals surface area (Å²) in [6, 6.07) is 9.73. The van der Waals surface area contributed by atoms with Crippen LogP contribution in [0.3, 0.4) is 0 Å². The van der Waals surface area contributed by atoms with Gasteiger partial charge in [0, 0.05) is 11.5 Å². The van der Waals surface area contributed by atoms with E-state index in [-0.39, 0.29) is 0 Å². The van der Waals surface area contributed by atoms with Crippen LogP contribution in [-0.2, 0) is 4.84 Å². The highest BCUT2D eigenvalue weighted by atomic mass is 16.7. The van der Waals surface area contributed by atoms with E-state index in [1.807, 2.05) is 30.3 Å². The molecule has 4 nitrogen and oxygen atoms in total. The van der Waals surface area contributed by atoms with Gasteiger partial charge in [-0.15, -0.1) is 0 Å². The first-order valence-electron chi connectivity index (χ1n) is 4.30. The highest BCUT2D eigenvalue weighted by Gasteiger charge is 2.13. The molecule has 0 radical (unpaired) electrons. The zero-order valence-corrected chi connectivity index (χ0v) is 7.31. The Hall–Kier alpha value is -2.10. The number of anilines is 1. The van der Waals surface area contributed by atoms with Crippen molar-refractivity contribution in [3.05, 3.63) is 42.8 Å². The molecule has 0 spiro atoms. The van der Waals surface area contributed by atoms with Gasteiger partial charge in [0.25, 0.3) is 5.88 Å². The summed E-state index contributed by atoms with van der Waals surface area (Å²) in [6.45, 7) is 0. The van der Waals surface area contributed by atoms with Crippen molar-refractivity contribution in [2.75, 3.05) is 5.17 Å². The quantitative estimate of drug-likeness (QED) is 0.744. The molecule has 14 heavy (non-hydrogen) atoms. The van der Waals surface area contributed by atoms with Crippen LogP contribution in [0.2, 0.25) is 0 Å². The molecule has 4 heteroatoms. The second-order valence-electron chi connectivity index (χ2n) is 2.95. The van der Waals surface area contributed by atoms with Crippen molar-refractivity contribution in [3.63, 3.8) is 0 Å². The van der Waals surface area contributed by atoms with Gasteiger partial charge in [-0.1, -0.05) is 23.4 Å². The Balaban J connectivity index is 2.05. The molecule has 0 saturated carbocycles. The smallest absolute Gasteiger partial charge is 0.253 e. The SMILES string of the molecule is C1=CON(c2cc3ccccc3o2)N1. The Kier molecular flexibility index (Phi) is 1.41. The minimum absolute atomic E-state index is 0.635. The van der Waals surface area contributed by atoms with Gasteiger partial charge in [0.1, 0.15) is 11.8 Å². The third kappa shape index (κ3) is 1.01. The number of hydrogen-bond acceptors (Lipinski definition) is 4. The molecule has 2 heterocycles. The van der Waals surface area contributed by atoms with Gasteiger partial charge in [0.05, 0.1) is 6.20 Å². The zero-order chi connectivity index (χ0) is 9.38. The molecule has 0 unspecified atom stereocenters. The first-order valence-corrected chi connectivity index (χ1v) is 4.30. The number of nitrogens with zero attached hydrogens (tertiary/aromatic N) is 1. The lowest BCUT2D eigenvalue weighted by molar-refractivity contribution is 0.205. The van der Waals surface area contributed by atoms with Gasteiger partial charge in [-0.25, -0.2) is 0 Å². The largest absolute Gasteiger partial charge is 0.436 e. The van der Waals surface area contributed by atoms with Crippen LogP contribution in [0.25, 0.3) is 11.0 Å². The first-order chi connectivity index (χ1) is 6.93. The molecule has 0 bridgehead atoms. The molecular weight excluding hydrogens is 180 g/mol. The van der Waals surface area contributed by atoms with Crippen LogP contribution >= 0.6 is 0 Å². The van der Waals surface area contributed by atoms with E-state index in [2.05, 4.69) is 5.43 Å². The third-order valence-corrected chi connectivity index (χ3v) is 2.04. The molecule has 0 amide bonds. The van der Waals surface area contributed by atoms with E-state index >= 15 is 0 Å². The van der Waals surface area contributed by atoms with E-state index in [1.54, 1.807) is 12.5 Å². The second-order valence-corrected chi connectivity index (χ2v) is 2.95. The maximum absolute atomic E-state index is 5.55. The van der Waals surface area contributed by atoms with Gasteiger partial charge in [-0.05, 0) is 6.07 Å². The summed E-state index contributed by atoms with van der Waals surface area (Å²) in [6.07, 6.45) is 3.24. The number of benzene rings is 1. The second kappa shape index (κ2) is 2.70. The lowest BCUT2D eigenvalue weighted by atomic mass is 10.3. The van der Waals surface area contributed by atoms with Crippen molar-refractivity contribution in [2.24, 2.45) is 0 Å². The molecule has 0 fully saturated rings. The minimum Gasteiger partial charge on any atom is -0.436 e. The van der Waals surface area contributed by atoms with Crippen LogP contribution < -0.4 is 10.6 Å². The fraction of sp³-hybridized carbons (Fsp3) is 0. The summed E-state index contributed by atoms with van der Waals surface area (Å²) in [5, 5.41) is 2.51. The average Bonchev–Trinajstić information content (AvgIpc) is 2.86. The summed E-state index contributed by atoms with van der Waals surface area (Å²) in [5.41, 5.74) is 3.72. The van der Waals surface area contributed by atoms with Gasteiger partial charge in [0.15, 0.2) is 0 Å². The topological polar surface area (TPSA) is 37.6 Å². The molecule has 1 aromatic heterocycles. The van der Waals surface area contributed by atoms with Crippen molar-refractivity contribution < 1.29 is 9.25 Å². The standard InChI is InChI=1S/C10H8N2O2/c1-2-4-9-8(3-1)7-10(14-9)12-11-5-6-13-12/h1-7,11H. The van der Waals surface area contributed by atoms with Crippen molar-refractivity contribution in [1.29, 1.82) is 0 Å². The molecule has 70 valence electrons. The van der Waals surface area contributed by atoms with Crippen LogP contribution in [0.5, 0.6) is 0 Å². The lowest BCUT2D eigenvalue weighted by Gasteiger charge is -2.11. The summed E-state index contributed by atoms with van der Waals surface area (Å²) in [7, 11) is 0. The van der Waals surface area contributed by atoms with Crippen LogP contribution in [0.4, 0.5) is 5.88 Å². The molecule has 2 aromatic rings. The normalized spacial score (nSPS) is 14.4. The molecule has 1 aliphatic rings. The summed E-state index contributed by atoms with van der Waals surface area (Å²) >= 11 is 0. The van der Waals surface area contributed by atoms with Crippen molar-refractivity contribution in [2.45, 2.75) is 0 Å². The van der Waals surface area contributed by atoms with Gasteiger partial charge in [-0.3, -0.25) is 5.43 Å². The monoisotopic (exact) mass is 188 g/mol. The van der Waals surface area contributed by atoms with Crippen molar-refractivity contribution in [1.82, 2.24) is 5.43 Å².